The number of anilines is 1. The number of benzene rings is 1. The van der Waals surface area contributed by atoms with Gasteiger partial charge >= 0.3 is 6.18 Å². The van der Waals surface area contributed by atoms with Crippen LogP contribution >= 0.6 is 0 Å². The summed E-state index contributed by atoms with van der Waals surface area (Å²) in [5.41, 5.74) is -0.0609. The van der Waals surface area contributed by atoms with E-state index in [-0.39, 0.29) is 34.1 Å². The molecule has 0 aromatic heterocycles. The first-order valence-electron chi connectivity index (χ1n) is 9.72. The number of rotatable bonds is 6. The second-order valence-corrected chi connectivity index (χ2v) is 9.63. The lowest BCUT2D eigenvalue weighted by atomic mass is 10.2. The van der Waals surface area contributed by atoms with Crippen LogP contribution in [0.2, 0.25) is 0 Å². The van der Waals surface area contributed by atoms with Gasteiger partial charge in [-0.15, -0.1) is 0 Å². The van der Waals surface area contributed by atoms with Gasteiger partial charge in [-0.05, 0) is 43.4 Å². The van der Waals surface area contributed by atoms with E-state index in [2.05, 4.69) is 5.32 Å². The molecule has 1 aliphatic carbocycles. The van der Waals surface area contributed by atoms with Gasteiger partial charge in [0, 0.05) is 19.0 Å². The molecule has 10 heteroatoms. The minimum absolute atomic E-state index is 0.0609. The maximum atomic E-state index is 13.0. The summed E-state index contributed by atoms with van der Waals surface area (Å²) in [6, 6.07) is 3.58. The summed E-state index contributed by atoms with van der Waals surface area (Å²) in [7, 11) is -3.81. The third kappa shape index (κ3) is 5.63. The first-order chi connectivity index (χ1) is 13.6. The molecule has 2 aliphatic rings. The second kappa shape index (κ2) is 8.51. The molecule has 162 valence electrons. The summed E-state index contributed by atoms with van der Waals surface area (Å²) in [4.78, 5) is 12.2. The van der Waals surface area contributed by atoms with Gasteiger partial charge in [-0.3, -0.25) is 4.79 Å². The van der Waals surface area contributed by atoms with Crippen molar-refractivity contribution >= 4 is 21.6 Å². The van der Waals surface area contributed by atoms with Gasteiger partial charge in [-0.2, -0.15) is 17.5 Å². The first kappa shape index (κ1) is 21.9. The number of hydrogen-bond acceptors (Lipinski definition) is 4. The Kier molecular flexibility index (Phi) is 6.42. The molecule has 2 atom stereocenters. The average molecular weight is 434 g/mol. The Morgan fingerprint density at radius 1 is 1.21 bits per heavy atom. The normalized spacial score (nSPS) is 23.3. The number of hydrogen-bond donors (Lipinski definition) is 1. The van der Waals surface area contributed by atoms with Crippen LogP contribution in [0.1, 0.15) is 39.0 Å². The van der Waals surface area contributed by atoms with E-state index in [0.717, 1.165) is 25.7 Å². The van der Waals surface area contributed by atoms with Crippen LogP contribution in [0.15, 0.2) is 23.1 Å². The van der Waals surface area contributed by atoms with Crippen molar-refractivity contribution in [3.05, 3.63) is 18.2 Å². The fourth-order valence-electron chi connectivity index (χ4n) is 3.40. The minimum Gasteiger partial charge on any atom is -0.482 e. The first-order valence-corrected chi connectivity index (χ1v) is 11.2. The van der Waals surface area contributed by atoms with Gasteiger partial charge in [-0.1, -0.05) is 19.8 Å². The van der Waals surface area contributed by atoms with Gasteiger partial charge in [-0.25, -0.2) is 8.42 Å². The molecule has 2 fully saturated rings. The Morgan fingerprint density at radius 3 is 2.38 bits per heavy atom. The van der Waals surface area contributed by atoms with E-state index in [1.165, 1.54) is 22.5 Å². The summed E-state index contributed by atoms with van der Waals surface area (Å²) >= 11 is 0. The highest BCUT2D eigenvalue weighted by Gasteiger charge is 2.39. The summed E-state index contributed by atoms with van der Waals surface area (Å²) in [6.45, 7) is 1.16. The SMILES string of the molecule is C[C@@H]1C[C@H]1C(=O)Nc1cc(S(=O)(=O)N2CCCCCC2)ccc1OCC(F)(F)F. The zero-order valence-corrected chi connectivity index (χ0v) is 17.0. The summed E-state index contributed by atoms with van der Waals surface area (Å²) < 4.78 is 69.9. The van der Waals surface area contributed by atoms with Crippen LogP contribution in [-0.4, -0.2) is 44.5 Å². The number of alkyl halides is 3. The van der Waals surface area contributed by atoms with E-state index < -0.39 is 22.8 Å². The number of carbonyl (C=O) groups excluding carboxylic acids is 1. The molecule has 29 heavy (non-hydrogen) atoms. The maximum Gasteiger partial charge on any atom is 0.422 e. The quantitative estimate of drug-likeness (QED) is 0.739. The Bertz CT molecular complexity index is 850. The Morgan fingerprint density at radius 2 is 1.83 bits per heavy atom. The lowest BCUT2D eigenvalue weighted by Gasteiger charge is -2.21. The lowest BCUT2D eigenvalue weighted by Crippen LogP contribution is -2.32. The Labute approximate surface area is 168 Å². The molecule has 1 saturated carbocycles. The van der Waals surface area contributed by atoms with Crippen LogP contribution < -0.4 is 10.1 Å². The smallest absolute Gasteiger partial charge is 0.422 e. The predicted molar refractivity (Wildman–Crippen MR) is 101 cm³/mol. The fourth-order valence-corrected chi connectivity index (χ4v) is 4.94. The number of ether oxygens (including phenoxy) is 1. The van der Waals surface area contributed by atoms with E-state index in [1.807, 2.05) is 6.92 Å². The molecule has 0 bridgehead atoms. The van der Waals surface area contributed by atoms with E-state index in [4.69, 9.17) is 4.74 Å². The number of sulfonamides is 1. The maximum absolute atomic E-state index is 13.0. The number of carbonyl (C=O) groups is 1. The van der Waals surface area contributed by atoms with Crippen molar-refractivity contribution in [3.8, 4) is 5.75 Å². The highest BCUT2D eigenvalue weighted by Crippen LogP contribution is 2.40. The molecular weight excluding hydrogens is 409 g/mol. The summed E-state index contributed by atoms with van der Waals surface area (Å²) in [5.74, 6) is -0.590. The summed E-state index contributed by atoms with van der Waals surface area (Å²) in [5, 5.41) is 2.55. The van der Waals surface area contributed by atoms with Crippen molar-refractivity contribution in [2.45, 2.75) is 50.1 Å². The molecule has 6 nitrogen and oxygen atoms in total. The molecule has 1 amide bonds. The molecule has 1 heterocycles. The highest BCUT2D eigenvalue weighted by molar-refractivity contribution is 7.89. The molecule has 3 rings (SSSR count). The largest absolute Gasteiger partial charge is 0.482 e. The molecule has 0 unspecified atom stereocenters. The topological polar surface area (TPSA) is 75.7 Å². The summed E-state index contributed by atoms with van der Waals surface area (Å²) in [6.07, 6.45) is -0.433. The van der Waals surface area contributed by atoms with Gasteiger partial charge in [0.05, 0.1) is 10.6 Å². The van der Waals surface area contributed by atoms with Crippen LogP contribution in [0.3, 0.4) is 0 Å². The van der Waals surface area contributed by atoms with Gasteiger partial charge < -0.3 is 10.1 Å². The predicted octanol–water partition coefficient (Wildman–Crippen LogP) is 3.79. The van der Waals surface area contributed by atoms with Crippen LogP contribution in [-0.2, 0) is 14.8 Å². The Balaban J connectivity index is 1.87. The zero-order chi connectivity index (χ0) is 21.2. The van der Waals surface area contributed by atoms with Crippen molar-refractivity contribution in [2.75, 3.05) is 25.0 Å². The second-order valence-electron chi connectivity index (χ2n) is 7.69. The molecule has 1 saturated heterocycles. The molecule has 1 aromatic rings. The van der Waals surface area contributed by atoms with Crippen molar-refractivity contribution in [3.63, 3.8) is 0 Å². The van der Waals surface area contributed by atoms with Crippen molar-refractivity contribution in [2.24, 2.45) is 11.8 Å². The molecule has 1 aliphatic heterocycles. The van der Waals surface area contributed by atoms with E-state index >= 15 is 0 Å². The van der Waals surface area contributed by atoms with Crippen LogP contribution in [0.5, 0.6) is 5.75 Å². The van der Waals surface area contributed by atoms with Crippen LogP contribution in [0.25, 0.3) is 0 Å². The average Bonchev–Trinajstić information content (AvgIpc) is 3.42. The molecule has 0 spiro atoms. The van der Waals surface area contributed by atoms with Crippen LogP contribution in [0.4, 0.5) is 18.9 Å². The molecular formula is C19H25F3N2O4S. The molecule has 1 aromatic carbocycles. The zero-order valence-electron chi connectivity index (χ0n) is 16.2. The van der Waals surface area contributed by atoms with Gasteiger partial charge in [0.2, 0.25) is 15.9 Å². The third-order valence-electron chi connectivity index (χ3n) is 5.25. The number of amides is 1. The Hall–Kier alpha value is -1.81. The van der Waals surface area contributed by atoms with E-state index in [1.54, 1.807) is 0 Å². The number of nitrogens with zero attached hydrogens (tertiary/aromatic N) is 1. The van der Waals surface area contributed by atoms with Gasteiger partial charge in [0.1, 0.15) is 5.75 Å². The highest BCUT2D eigenvalue weighted by atomic mass is 32.2. The van der Waals surface area contributed by atoms with Crippen molar-refractivity contribution < 1.29 is 31.1 Å². The monoisotopic (exact) mass is 434 g/mol. The lowest BCUT2D eigenvalue weighted by molar-refractivity contribution is -0.153. The third-order valence-corrected chi connectivity index (χ3v) is 7.14. The number of nitrogens with one attached hydrogen (secondary N) is 1. The van der Waals surface area contributed by atoms with Gasteiger partial charge in [0.25, 0.3) is 0 Å². The molecule has 0 radical (unpaired) electrons. The van der Waals surface area contributed by atoms with Crippen molar-refractivity contribution in [1.29, 1.82) is 0 Å². The fraction of sp³-hybridized carbons (Fsp3) is 0.632. The minimum atomic E-state index is -4.55. The van der Waals surface area contributed by atoms with Crippen LogP contribution in [0, 0.1) is 11.8 Å². The molecule has 1 N–H and O–H groups in total. The number of halogens is 3. The van der Waals surface area contributed by atoms with Gasteiger partial charge in [0.15, 0.2) is 6.61 Å². The standard InChI is InChI=1S/C19H25F3N2O4S/c1-13-10-15(13)18(25)23-16-11-14(6-7-17(16)28-12-19(20,21)22)29(26,27)24-8-4-2-3-5-9-24/h6-7,11,13,15H,2-5,8-10,12H2,1H3,(H,23,25)/t13-,15-/m1/s1. The van der Waals surface area contributed by atoms with E-state index in [9.17, 15) is 26.4 Å². The van der Waals surface area contributed by atoms with Crippen molar-refractivity contribution in [1.82, 2.24) is 4.31 Å². The van der Waals surface area contributed by atoms with E-state index in [0.29, 0.717) is 19.5 Å².